The predicted octanol–water partition coefficient (Wildman–Crippen LogP) is 3.86. The van der Waals surface area contributed by atoms with Crippen LogP contribution < -0.4 is 0 Å². The highest BCUT2D eigenvalue weighted by Crippen LogP contribution is 2.54. The molecule has 0 spiro atoms. The van der Waals surface area contributed by atoms with E-state index >= 15 is 0 Å². The molecule has 0 aliphatic heterocycles. The summed E-state index contributed by atoms with van der Waals surface area (Å²) in [4.78, 5) is 0. The molecule has 3 unspecified atom stereocenters. The zero-order valence-corrected chi connectivity index (χ0v) is 8.48. The minimum Gasteiger partial charge on any atom is -0.0654 e. The Labute approximate surface area is 71.4 Å². The van der Waals surface area contributed by atoms with E-state index < -0.39 is 0 Å². The fraction of sp³-hybridized carbons (Fsp3) is 1.00. The minimum absolute atomic E-state index is 0.694. The first-order valence-electron chi connectivity index (χ1n) is 5.14. The van der Waals surface area contributed by atoms with E-state index in [2.05, 4.69) is 27.7 Å². The maximum Gasteiger partial charge on any atom is -0.0297 e. The van der Waals surface area contributed by atoms with Gasteiger partial charge < -0.3 is 0 Å². The first-order valence-corrected chi connectivity index (χ1v) is 5.14. The fourth-order valence-corrected chi connectivity index (χ4v) is 2.56. The quantitative estimate of drug-likeness (QED) is 0.579. The fourth-order valence-electron chi connectivity index (χ4n) is 2.56. The molecule has 0 heterocycles. The summed E-state index contributed by atoms with van der Waals surface area (Å²) in [7, 11) is 0. The van der Waals surface area contributed by atoms with Gasteiger partial charge in [-0.25, -0.2) is 0 Å². The summed E-state index contributed by atoms with van der Waals surface area (Å²) >= 11 is 0. The lowest BCUT2D eigenvalue weighted by atomic mass is 9.53. The van der Waals surface area contributed by atoms with Gasteiger partial charge in [-0.15, -0.1) is 0 Å². The molecule has 3 atom stereocenters. The van der Waals surface area contributed by atoms with Gasteiger partial charge in [-0.2, -0.15) is 0 Å². The minimum atomic E-state index is 0.694. The summed E-state index contributed by atoms with van der Waals surface area (Å²) in [5, 5.41) is 0. The van der Waals surface area contributed by atoms with Crippen molar-refractivity contribution in [2.45, 2.75) is 53.4 Å². The van der Waals surface area contributed by atoms with Crippen LogP contribution in [0.4, 0.5) is 0 Å². The third kappa shape index (κ3) is 1.45. The van der Waals surface area contributed by atoms with Crippen LogP contribution in [0.2, 0.25) is 0 Å². The molecule has 1 saturated carbocycles. The molecule has 1 aliphatic rings. The van der Waals surface area contributed by atoms with Crippen LogP contribution in [0, 0.1) is 17.3 Å². The normalized spacial score (nSPS) is 43.6. The molecule has 0 nitrogen and oxygen atoms in total. The van der Waals surface area contributed by atoms with Gasteiger partial charge >= 0.3 is 0 Å². The van der Waals surface area contributed by atoms with Crippen molar-refractivity contribution < 1.29 is 0 Å². The summed E-state index contributed by atoms with van der Waals surface area (Å²) in [6.45, 7) is 9.52. The van der Waals surface area contributed by atoms with Crippen molar-refractivity contribution in [3.63, 3.8) is 0 Å². The first kappa shape index (κ1) is 9.09. The van der Waals surface area contributed by atoms with Gasteiger partial charge in [0.15, 0.2) is 0 Å². The van der Waals surface area contributed by atoms with Crippen molar-refractivity contribution in [1.29, 1.82) is 0 Å². The summed E-state index contributed by atoms with van der Waals surface area (Å²) < 4.78 is 0. The van der Waals surface area contributed by atoms with E-state index in [0.717, 1.165) is 11.8 Å². The van der Waals surface area contributed by atoms with Gasteiger partial charge in [0, 0.05) is 0 Å². The van der Waals surface area contributed by atoms with Gasteiger partial charge in [0.25, 0.3) is 0 Å². The highest BCUT2D eigenvalue weighted by Gasteiger charge is 2.45. The molecule has 1 fully saturated rings. The smallest absolute Gasteiger partial charge is 0.0297 e. The van der Waals surface area contributed by atoms with Crippen LogP contribution in [0.15, 0.2) is 0 Å². The molecule has 0 aromatic rings. The maximum atomic E-state index is 2.45. The molecule has 0 radical (unpaired) electrons. The first-order chi connectivity index (χ1) is 5.14. The third-order valence-corrected chi connectivity index (χ3v) is 4.00. The van der Waals surface area contributed by atoms with Crippen LogP contribution in [0.3, 0.4) is 0 Å². The van der Waals surface area contributed by atoms with Crippen molar-refractivity contribution >= 4 is 0 Å². The van der Waals surface area contributed by atoms with Gasteiger partial charge in [0.2, 0.25) is 0 Å². The Hall–Kier alpha value is 0. The molecule has 1 rings (SSSR count). The van der Waals surface area contributed by atoms with E-state index in [0.29, 0.717) is 5.41 Å². The zero-order chi connectivity index (χ0) is 8.48. The molecule has 0 N–H and O–H groups in total. The molecular weight excluding hydrogens is 132 g/mol. The third-order valence-electron chi connectivity index (χ3n) is 4.00. The van der Waals surface area contributed by atoms with Crippen LogP contribution in [-0.2, 0) is 0 Å². The molecule has 0 saturated heterocycles. The maximum absolute atomic E-state index is 2.45. The van der Waals surface area contributed by atoms with Crippen molar-refractivity contribution in [2.75, 3.05) is 0 Å². The van der Waals surface area contributed by atoms with E-state index in [-0.39, 0.29) is 0 Å². The van der Waals surface area contributed by atoms with E-state index in [9.17, 15) is 0 Å². The summed E-state index contributed by atoms with van der Waals surface area (Å²) in [6.07, 6.45) is 5.68. The molecule has 66 valence electrons. The summed E-state index contributed by atoms with van der Waals surface area (Å²) in [6, 6.07) is 0. The van der Waals surface area contributed by atoms with Gasteiger partial charge in [-0.3, -0.25) is 0 Å². The molecule has 0 aromatic carbocycles. The Morgan fingerprint density at radius 1 is 1.36 bits per heavy atom. The zero-order valence-electron chi connectivity index (χ0n) is 8.48. The van der Waals surface area contributed by atoms with Crippen LogP contribution in [-0.4, -0.2) is 0 Å². The lowest BCUT2D eigenvalue weighted by molar-refractivity contribution is -0.0226. The molecular formula is C11H22. The van der Waals surface area contributed by atoms with E-state index in [1.54, 1.807) is 0 Å². The summed E-state index contributed by atoms with van der Waals surface area (Å²) in [5.41, 5.74) is 0.694. The Morgan fingerprint density at radius 2 is 2.00 bits per heavy atom. The van der Waals surface area contributed by atoms with Crippen molar-refractivity contribution in [2.24, 2.45) is 17.3 Å². The molecule has 1 aliphatic carbocycles. The lowest BCUT2D eigenvalue weighted by Gasteiger charge is -2.52. The van der Waals surface area contributed by atoms with Gasteiger partial charge in [0.05, 0.1) is 0 Å². The largest absolute Gasteiger partial charge is 0.0654 e. The monoisotopic (exact) mass is 154 g/mol. The topological polar surface area (TPSA) is 0 Å². The molecule has 0 aromatic heterocycles. The van der Waals surface area contributed by atoms with Crippen molar-refractivity contribution in [3.8, 4) is 0 Å². The molecule has 0 heteroatoms. The van der Waals surface area contributed by atoms with Crippen molar-refractivity contribution in [3.05, 3.63) is 0 Å². The van der Waals surface area contributed by atoms with Gasteiger partial charge in [-0.05, 0) is 23.7 Å². The Morgan fingerprint density at radius 3 is 2.36 bits per heavy atom. The Bertz CT molecular complexity index is 128. The van der Waals surface area contributed by atoms with E-state index in [4.69, 9.17) is 0 Å². The van der Waals surface area contributed by atoms with Crippen LogP contribution in [0.1, 0.15) is 53.4 Å². The second kappa shape index (κ2) is 3.16. The second-order valence-electron chi connectivity index (χ2n) is 4.55. The highest BCUT2D eigenvalue weighted by atomic mass is 14.5. The highest BCUT2D eigenvalue weighted by molar-refractivity contribution is 4.94. The average molecular weight is 154 g/mol. The van der Waals surface area contributed by atoms with Crippen LogP contribution in [0.5, 0.6) is 0 Å². The molecule has 11 heavy (non-hydrogen) atoms. The number of hydrogen-bond acceptors (Lipinski definition) is 0. The van der Waals surface area contributed by atoms with E-state index in [1.165, 1.54) is 25.7 Å². The van der Waals surface area contributed by atoms with Crippen LogP contribution >= 0.6 is 0 Å². The van der Waals surface area contributed by atoms with Gasteiger partial charge in [-0.1, -0.05) is 47.0 Å². The van der Waals surface area contributed by atoms with Crippen molar-refractivity contribution in [1.82, 2.24) is 0 Å². The Kier molecular flexibility index (Phi) is 2.61. The molecule has 0 amide bonds. The second-order valence-corrected chi connectivity index (χ2v) is 4.55. The SMILES string of the molecule is CCCC1CC(C)(CC)C1C. The van der Waals surface area contributed by atoms with E-state index in [1.807, 2.05) is 0 Å². The number of hydrogen-bond donors (Lipinski definition) is 0. The predicted molar refractivity (Wildman–Crippen MR) is 50.6 cm³/mol. The number of rotatable bonds is 3. The van der Waals surface area contributed by atoms with Crippen LogP contribution in [0.25, 0.3) is 0 Å². The molecule has 0 bridgehead atoms. The lowest BCUT2D eigenvalue weighted by Crippen LogP contribution is -2.43. The standard InChI is InChI=1S/C11H22/c1-5-7-10-8-11(4,6-2)9(10)3/h9-10H,5-8H2,1-4H3. The summed E-state index contributed by atoms with van der Waals surface area (Å²) in [5.74, 6) is 2.03. The Balaban J connectivity index is 2.36. The van der Waals surface area contributed by atoms with Gasteiger partial charge in [0.1, 0.15) is 0 Å². The average Bonchev–Trinajstić information content (AvgIpc) is 2.03.